The smallest absolute Gasteiger partial charge is 0.409 e. The fourth-order valence-corrected chi connectivity index (χ4v) is 2.05. The lowest BCUT2D eigenvalue weighted by molar-refractivity contribution is 0.108. The molecule has 1 atom stereocenters. The van der Waals surface area contributed by atoms with Crippen LogP contribution >= 0.6 is 0 Å². The molecule has 2 heterocycles. The molecule has 1 aromatic heterocycles. The molecule has 0 saturated carbocycles. The predicted octanol–water partition coefficient (Wildman–Crippen LogP) is 0.776. The number of piperazine rings is 1. The first kappa shape index (κ1) is 13.8. The van der Waals surface area contributed by atoms with E-state index in [-0.39, 0.29) is 18.1 Å². The van der Waals surface area contributed by atoms with E-state index in [0.717, 1.165) is 12.4 Å². The first-order valence-electron chi connectivity index (χ1n) is 6.49. The lowest BCUT2D eigenvalue weighted by Crippen LogP contribution is -2.53. The quantitative estimate of drug-likeness (QED) is 0.872. The number of nitrogens with zero attached hydrogens (tertiary/aromatic N) is 3. The molecule has 7 nitrogen and oxygen atoms in total. The van der Waals surface area contributed by atoms with Crippen LogP contribution in [0.4, 0.5) is 4.79 Å². The van der Waals surface area contributed by atoms with Crippen molar-refractivity contribution in [2.75, 3.05) is 26.7 Å². The Morgan fingerprint density at radius 2 is 2.42 bits per heavy atom. The van der Waals surface area contributed by atoms with Gasteiger partial charge in [-0.05, 0) is 0 Å². The van der Waals surface area contributed by atoms with Crippen LogP contribution in [0.25, 0.3) is 0 Å². The van der Waals surface area contributed by atoms with Gasteiger partial charge in [-0.2, -0.15) is 4.98 Å². The molecule has 0 bridgehead atoms. The summed E-state index contributed by atoms with van der Waals surface area (Å²) in [6.45, 7) is 6.03. The average Bonchev–Trinajstić information content (AvgIpc) is 2.87. The zero-order valence-electron chi connectivity index (χ0n) is 11.5. The van der Waals surface area contributed by atoms with Gasteiger partial charge in [0, 0.05) is 38.0 Å². The molecule has 1 fully saturated rings. The van der Waals surface area contributed by atoms with Crippen LogP contribution in [0.15, 0.2) is 4.52 Å². The van der Waals surface area contributed by atoms with Crippen molar-refractivity contribution in [3.8, 4) is 0 Å². The van der Waals surface area contributed by atoms with Gasteiger partial charge in [-0.15, -0.1) is 0 Å². The second kappa shape index (κ2) is 6.01. The summed E-state index contributed by atoms with van der Waals surface area (Å²) in [6, 6.07) is 0.119. The monoisotopic (exact) mass is 268 g/mol. The summed E-state index contributed by atoms with van der Waals surface area (Å²) in [4.78, 5) is 17.5. The van der Waals surface area contributed by atoms with Gasteiger partial charge in [-0.3, -0.25) is 0 Å². The number of carbonyl (C=O) groups excluding carboxylic acids is 1. The van der Waals surface area contributed by atoms with E-state index in [1.807, 2.05) is 13.8 Å². The predicted molar refractivity (Wildman–Crippen MR) is 67.9 cm³/mol. The molecule has 7 heteroatoms. The van der Waals surface area contributed by atoms with E-state index in [1.165, 1.54) is 7.11 Å². The van der Waals surface area contributed by atoms with Crippen LogP contribution in [0.1, 0.15) is 31.5 Å². The number of carbonyl (C=O) groups is 1. The molecular weight excluding hydrogens is 248 g/mol. The van der Waals surface area contributed by atoms with E-state index >= 15 is 0 Å². The highest BCUT2D eigenvalue weighted by molar-refractivity contribution is 5.67. The fourth-order valence-electron chi connectivity index (χ4n) is 2.05. The fraction of sp³-hybridized carbons (Fsp3) is 0.750. The summed E-state index contributed by atoms with van der Waals surface area (Å²) in [6.07, 6.45) is 0.327. The molecule has 1 aromatic rings. The maximum atomic E-state index is 11.5. The van der Waals surface area contributed by atoms with Gasteiger partial charge in [-0.1, -0.05) is 19.0 Å². The molecule has 1 aliphatic rings. The van der Waals surface area contributed by atoms with E-state index < -0.39 is 0 Å². The molecule has 1 saturated heterocycles. The number of ether oxygens (including phenoxy) is 1. The lowest BCUT2D eigenvalue weighted by atomic mass is 10.1. The van der Waals surface area contributed by atoms with E-state index in [9.17, 15) is 4.79 Å². The van der Waals surface area contributed by atoms with Gasteiger partial charge in [-0.25, -0.2) is 4.79 Å². The van der Waals surface area contributed by atoms with Gasteiger partial charge in [0.25, 0.3) is 0 Å². The molecule has 0 aliphatic carbocycles. The number of hydrogen-bond acceptors (Lipinski definition) is 6. The molecule has 1 N–H and O–H groups in total. The highest BCUT2D eigenvalue weighted by Gasteiger charge is 2.25. The highest BCUT2D eigenvalue weighted by Crippen LogP contribution is 2.12. The summed E-state index contributed by atoms with van der Waals surface area (Å²) < 4.78 is 9.95. The van der Waals surface area contributed by atoms with Crippen molar-refractivity contribution in [3.05, 3.63) is 11.7 Å². The maximum Gasteiger partial charge on any atom is 0.409 e. The van der Waals surface area contributed by atoms with E-state index in [0.29, 0.717) is 25.4 Å². The first-order chi connectivity index (χ1) is 9.10. The number of hydrogen-bond donors (Lipinski definition) is 1. The minimum atomic E-state index is -0.292. The second-order valence-electron chi connectivity index (χ2n) is 4.97. The van der Waals surface area contributed by atoms with Crippen molar-refractivity contribution in [1.82, 2.24) is 20.4 Å². The SMILES string of the molecule is COC(=O)N1CCNC(Cc2nc(C(C)C)no2)C1. The standard InChI is InChI=1S/C12H20N4O3/c1-8(2)11-14-10(19-15-11)6-9-7-16(5-4-13-9)12(17)18-3/h8-9,13H,4-7H2,1-3H3. The van der Waals surface area contributed by atoms with E-state index in [4.69, 9.17) is 9.26 Å². The molecule has 106 valence electrons. The summed E-state index contributed by atoms with van der Waals surface area (Å²) in [7, 11) is 1.40. The Hall–Kier alpha value is -1.63. The Morgan fingerprint density at radius 1 is 1.63 bits per heavy atom. The van der Waals surface area contributed by atoms with Crippen molar-refractivity contribution in [2.45, 2.75) is 32.2 Å². The van der Waals surface area contributed by atoms with Crippen LogP contribution < -0.4 is 5.32 Å². The number of nitrogens with one attached hydrogen (secondary N) is 1. The van der Waals surface area contributed by atoms with Crippen molar-refractivity contribution >= 4 is 6.09 Å². The summed E-state index contributed by atoms with van der Waals surface area (Å²) in [5.41, 5.74) is 0. The van der Waals surface area contributed by atoms with Crippen LogP contribution in [-0.2, 0) is 11.2 Å². The third-order valence-corrected chi connectivity index (χ3v) is 3.11. The molecule has 2 rings (SSSR count). The Balaban J connectivity index is 1.92. The van der Waals surface area contributed by atoms with Gasteiger partial charge in [0.15, 0.2) is 5.82 Å². The zero-order chi connectivity index (χ0) is 13.8. The topological polar surface area (TPSA) is 80.5 Å². The second-order valence-corrected chi connectivity index (χ2v) is 4.97. The minimum Gasteiger partial charge on any atom is -0.453 e. The molecule has 0 radical (unpaired) electrons. The van der Waals surface area contributed by atoms with E-state index in [1.54, 1.807) is 4.90 Å². The molecule has 0 aromatic carbocycles. The molecule has 1 amide bonds. The molecule has 1 unspecified atom stereocenters. The van der Waals surface area contributed by atoms with Gasteiger partial charge in [0.05, 0.1) is 7.11 Å². The third-order valence-electron chi connectivity index (χ3n) is 3.11. The van der Waals surface area contributed by atoms with Crippen LogP contribution in [0.2, 0.25) is 0 Å². The zero-order valence-corrected chi connectivity index (χ0v) is 11.5. The summed E-state index contributed by atoms with van der Waals surface area (Å²) >= 11 is 0. The van der Waals surface area contributed by atoms with Crippen LogP contribution in [0, 0.1) is 0 Å². The van der Waals surface area contributed by atoms with Crippen molar-refractivity contribution in [3.63, 3.8) is 0 Å². The molecule has 19 heavy (non-hydrogen) atoms. The lowest BCUT2D eigenvalue weighted by Gasteiger charge is -2.31. The van der Waals surface area contributed by atoms with Crippen LogP contribution in [0.5, 0.6) is 0 Å². The molecule has 0 spiro atoms. The van der Waals surface area contributed by atoms with E-state index in [2.05, 4.69) is 15.5 Å². The molecule has 1 aliphatic heterocycles. The van der Waals surface area contributed by atoms with Gasteiger partial charge in [0.2, 0.25) is 5.89 Å². The number of aromatic nitrogens is 2. The van der Waals surface area contributed by atoms with Crippen LogP contribution in [-0.4, -0.2) is 53.9 Å². The largest absolute Gasteiger partial charge is 0.453 e. The molecular formula is C12H20N4O3. The first-order valence-corrected chi connectivity index (χ1v) is 6.49. The Labute approximate surface area is 112 Å². The minimum absolute atomic E-state index is 0.119. The highest BCUT2D eigenvalue weighted by atomic mass is 16.5. The number of amides is 1. The normalized spacial score (nSPS) is 19.8. The average molecular weight is 268 g/mol. The summed E-state index contributed by atoms with van der Waals surface area (Å²) in [5, 5.41) is 7.27. The van der Waals surface area contributed by atoms with Gasteiger partial charge < -0.3 is 19.5 Å². The van der Waals surface area contributed by atoms with Gasteiger partial charge >= 0.3 is 6.09 Å². The van der Waals surface area contributed by atoms with Crippen molar-refractivity contribution in [1.29, 1.82) is 0 Å². The Bertz CT molecular complexity index is 432. The summed E-state index contributed by atoms with van der Waals surface area (Å²) in [5.74, 6) is 1.58. The Kier molecular flexibility index (Phi) is 4.36. The van der Waals surface area contributed by atoms with Gasteiger partial charge in [0.1, 0.15) is 0 Å². The third kappa shape index (κ3) is 3.44. The number of rotatable bonds is 3. The Morgan fingerprint density at radius 3 is 3.05 bits per heavy atom. The van der Waals surface area contributed by atoms with Crippen LogP contribution in [0.3, 0.4) is 0 Å². The van der Waals surface area contributed by atoms with Crippen molar-refractivity contribution in [2.24, 2.45) is 0 Å². The number of methoxy groups -OCH3 is 1. The maximum absolute atomic E-state index is 11.5. The van der Waals surface area contributed by atoms with Crippen molar-refractivity contribution < 1.29 is 14.1 Å².